The molecular formula is C21H16F3I. The lowest BCUT2D eigenvalue weighted by Gasteiger charge is -2.38. The van der Waals surface area contributed by atoms with E-state index in [0.29, 0.717) is 11.1 Å². The van der Waals surface area contributed by atoms with E-state index in [1.165, 1.54) is 0 Å². The van der Waals surface area contributed by atoms with Crippen LogP contribution in [0, 0.1) is 0 Å². The van der Waals surface area contributed by atoms with Crippen LogP contribution in [0.1, 0.15) is 22.6 Å². The van der Waals surface area contributed by atoms with Crippen molar-refractivity contribution in [3.05, 3.63) is 108 Å². The quantitative estimate of drug-likeness (QED) is 0.305. The van der Waals surface area contributed by atoms with Gasteiger partial charge in [-0.25, -0.2) is 0 Å². The monoisotopic (exact) mass is 452 g/mol. The highest BCUT2D eigenvalue weighted by atomic mass is 127. The topological polar surface area (TPSA) is 0 Å². The summed E-state index contributed by atoms with van der Waals surface area (Å²) in [6, 6.07) is 26.0. The molecule has 0 bridgehead atoms. The van der Waals surface area contributed by atoms with Crippen molar-refractivity contribution < 1.29 is 13.2 Å². The predicted octanol–water partition coefficient (Wildman–Crippen LogP) is 6.71. The maximum Gasteiger partial charge on any atom is 0.397 e. The summed E-state index contributed by atoms with van der Waals surface area (Å²) in [7, 11) is 0. The molecule has 0 saturated carbocycles. The van der Waals surface area contributed by atoms with Gasteiger partial charge in [0.15, 0.2) is 0 Å². The second kappa shape index (κ2) is 7.20. The highest BCUT2D eigenvalue weighted by Crippen LogP contribution is 2.56. The summed E-state index contributed by atoms with van der Waals surface area (Å²) in [4.78, 5) is 0. The van der Waals surface area contributed by atoms with Gasteiger partial charge in [-0.05, 0) is 16.7 Å². The van der Waals surface area contributed by atoms with Crippen molar-refractivity contribution in [2.75, 3.05) is 0 Å². The summed E-state index contributed by atoms with van der Waals surface area (Å²) >= 11 is 1.98. The highest BCUT2D eigenvalue weighted by Gasteiger charge is 2.54. The lowest BCUT2D eigenvalue weighted by Crippen LogP contribution is -2.38. The fraction of sp³-hybridized carbons (Fsp3) is 0.143. The number of benzene rings is 3. The molecule has 3 rings (SSSR count). The zero-order valence-electron chi connectivity index (χ0n) is 13.2. The highest BCUT2D eigenvalue weighted by molar-refractivity contribution is 14.1. The largest absolute Gasteiger partial charge is 0.397 e. The van der Waals surface area contributed by atoms with Gasteiger partial charge >= 0.3 is 6.18 Å². The summed E-state index contributed by atoms with van der Waals surface area (Å²) in [5, 5.41) is 0. The van der Waals surface area contributed by atoms with E-state index in [4.69, 9.17) is 0 Å². The van der Waals surface area contributed by atoms with Gasteiger partial charge < -0.3 is 0 Å². The molecule has 0 heterocycles. The Morgan fingerprint density at radius 1 is 0.600 bits per heavy atom. The van der Waals surface area contributed by atoms with Crippen molar-refractivity contribution in [2.24, 2.45) is 0 Å². The van der Waals surface area contributed by atoms with Crippen molar-refractivity contribution in [3.8, 4) is 0 Å². The number of alkyl halides is 4. The summed E-state index contributed by atoms with van der Waals surface area (Å²) in [5.41, 5.74) is 1.53. The smallest absolute Gasteiger partial charge is 0.170 e. The normalized spacial score (nSPS) is 13.4. The minimum atomic E-state index is -4.39. The first-order valence-electron chi connectivity index (χ1n) is 7.85. The maximum absolute atomic E-state index is 14.3. The summed E-state index contributed by atoms with van der Waals surface area (Å²) in [5.74, 6) is -1.66. The van der Waals surface area contributed by atoms with Crippen LogP contribution in [0.2, 0.25) is 0 Å². The Balaban J connectivity index is 2.29. The van der Waals surface area contributed by atoms with Crippen LogP contribution in [-0.2, 0) is 3.42 Å². The molecule has 1 unspecified atom stereocenters. The van der Waals surface area contributed by atoms with E-state index in [-0.39, 0.29) is 5.56 Å². The molecule has 0 fully saturated rings. The van der Waals surface area contributed by atoms with Gasteiger partial charge in [-0.1, -0.05) is 114 Å². The van der Waals surface area contributed by atoms with Crippen LogP contribution in [0.15, 0.2) is 91.0 Å². The zero-order valence-corrected chi connectivity index (χ0v) is 15.4. The van der Waals surface area contributed by atoms with Crippen LogP contribution in [0.4, 0.5) is 13.2 Å². The first-order chi connectivity index (χ1) is 11.9. The first-order valence-corrected chi connectivity index (χ1v) is 8.93. The Labute approximate surface area is 158 Å². The fourth-order valence-corrected chi connectivity index (χ4v) is 4.58. The molecular weight excluding hydrogens is 436 g/mol. The molecule has 25 heavy (non-hydrogen) atoms. The predicted molar refractivity (Wildman–Crippen MR) is 103 cm³/mol. The third-order valence-electron chi connectivity index (χ3n) is 4.25. The van der Waals surface area contributed by atoms with Crippen molar-refractivity contribution >= 4 is 22.6 Å². The SMILES string of the molecule is FC(F)(F)C(c1ccccc1)C(I)(c1ccccc1)c1ccccc1. The molecule has 3 aromatic rings. The van der Waals surface area contributed by atoms with E-state index < -0.39 is 15.5 Å². The Bertz CT molecular complexity index is 759. The van der Waals surface area contributed by atoms with Gasteiger partial charge in [0.2, 0.25) is 0 Å². The molecule has 0 saturated heterocycles. The van der Waals surface area contributed by atoms with E-state index in [0.717, 1.165) is 0 Å². The molecule has 0 N–H and O–H groups in total. The molecule has 0 aliphatic rings. The Morgan fingerprint density at radius 2 is 0.960 bits per heavy atom. The van der Waals surface area contributed by atoms with Gasteiger partial charge in [0, 0.05) is 0 Å². The Hall–Kier alpha value is -1.82. The summed E-state index contributed by atoms with van der Waals surface area (Å²) in [6.45, 7) is 0. The van der Waals surface area contributed by atoms with Crippen LogP contribution in [0.25, 0.3) is 0 Å². The van der Waals surface area contributed by atoms with Gasteiger partial charge in [0.25, 0.3) is 0 Å². The fourth-order valence-electron chi connectivity index (χ4n) is 3.15. The summed E-state index contributed by atoms with van der Waals surface area (Å²) in [6.07, 6.45) is -4.39. The maximum atomic E-state index is 14.3. The van der Waals surface area contributed by atoms with E-state index in [9.17, 15) is 13.2 Å². The molecule has 0 amide bonds. The van der Waals surface area contributed by atoms with Crippen molar-refractivity contribution in [1.82, 2.24) is 0 Å². The van der Waals surface area contributed by atoms with Gasteiger partial charge in [0.1, 0.15) is 5.92 Å². The van der Waals surface area contributed by atoms with Crippen LogP contribution >= 0.6 is 22.6 Å². The first kappa shape index (κ1) is 18.0. The number of halogens is 4. The summed E-state index contributed by atoms with van der Waals surface area (Å²) < 4.78 is 41.5. The second-order valence-corrected chi connectivity index (χ2v) is 7.53. The second-order valence-electron chi connectivity index (χ2n) is 5.83. The van der Waals surface area contributed by atoms with Gasteiger partial charge in [-0.3, -0.25) is 0 Å². The molecule has 0 aliphatic heterocycles. The van der Waals surface area contributed by atoms with Gasteiger partial charge in [0.05, 0.1) is 3.42 Å². The molecule has 0 aromatic heterocycles. The van der Waals surface area contributed by atoms with Gasteiger partial charge in [-0.15, -0.1) is 0 Å². The average Bonchev–Trinajstić information content (AvgIpc) is 2.63. The third-order valence-corrected chi connectivity index (χ3v) is 6.11. The number of hydrogen-bond acceptors (Lipinski definition) is 0. The molecule has 1 atom stereocenters. The van der Waals surface area contributed by atoms with Crippen LogP contribution < -0.4 is 0 Å². The number of rotatable bonds is 4. The van der Waals surface area contributed by atoms with Crippen molar-refractivity contribution in [2.45, 2.75) is 15.5 Å². The zero-order chi connectivity index (χ0) is 17.9. The van der Waals surface area contributed by atoms with Crippen LogP contribution in [-0.4, -0.2) is 6.18 Å². The standard InChI is InChI=1S/C21H16F3I/c22-21(23,24)19(16-10-4-1-5-11-16)20(25,17-12-6-2-7-13-17)18-14-8-3-9-15-18/h1-15,19H. The van der Waals surface area contributed by atoms with E-state index in [1.54, 1.807) is 78.9 Å². The minimum Gasteiger partial charge on any atom is -0.170 e. The molecule has 3 aromatic carbocycles. The van der Waals surface area contributed by atoms with Crippen LogP contribution in [0.3, 0.4) is 0 Å². The van der Waals surface area contributed by atoms with Crippen molar-refractivity contribution in [1.29, 1.82) is 0 Å². The lowest BCUT2D eigenvalue weighted by atomic mass is 9.76. The minimum absolute atomic E-state index is 0.261. The van der Waals surface area contributed by atoms with E-state index >= 15 is 0 Å². The lowest BCUT2D eigenvalue weighted by molar-refractivity contribution is -0.155. The molecule has 0 radical (unpaired) electrons. The third kappa shape index (κ3) is 3.59. The average molecular weight is 452 g/mol. The van der Waals surface area contributed by atoms with E-state index in [2.05, 4.69) is 0 Å². The Kier molecular flexibility index (Phi) is 5.18. The molecule has 0 nitrogen and oxygen atoms in total. The Morgan fingerprint density at radius 3 is 1.32 bits per heavy atom. The molecule has 128 valence electrons. The molecule has 4 heteroatoms. The molecule has 0 aliphatic carbocycles. The molecule has 0 spiro atoms. The van der Waals surface area contributed by atoms with Crippen molar-refractivity contribution in [3.63, 3.8) is 0 Å². The van der Waals surface area contributed by atoms with Gasteiger partial charge in [-0.2, -0.15) is 13.2 Å². The number of hydrogen-bond donors (Lipinski definition) is 0. The van der Waals surface area contributed by atoms with E-state index in [1.807, 2.05) is 34.7 Å². The van der Waals surface area contributed by atoms with Crippen LogP contribution in [0.5, 0.6) is 0 Å².